The fraction of sp³-hybridized carbons (Fsp3) is 0.481. The highest BCUT2D eigenvalue weighted by molar-refractivity contribution is 5.80. The van der Waals surface area contributed by atoms with Gasteiger partial charge in [-0.2, -0.15) is 0 Å². The van der Waals surface area contributed by atoms with Crippen molar-refractivity contribution >= 4 is 16.9 Å². The predicted octanol–water partition coefficient (Wildman–Crippen LogP) is 5.66. The monoisotopic (exact) mass is 433 g/mol. The summed E-state index contributed by atoms with van der Waals surface area (Å²) < 4.78 is 8.55. The van der Waals surface area contributed by atoms with E-state index in [1.165, 1.54) is 11.1 Å². The number of imidazole rings is 1. The lowest BCUT2D eigenvalue weighted by atomic mass is 10.0. The SMILES string of the molecule is CCCCN1C[C@@H](c2nc3ccccc3n2CCOc2cc(C)ccc2C(C)C)CC1=O. The van der Waals surface area contributed by atoms with Crippen LogP contribution < -0.4 is 4.74 Å². The van der Waals surface area contributed by atoms with E-state index in [1.807, 2.05) is 11.0 Å². The van der Waals surface area contributed by atoms with Crippen molar-refractivity contribution in [2.24, 2.45) is 0 Å². The molecule has 0 aliphatic carbocycles. The number of nitrogens with zero attached hydrogens (tertiary/aromatic N) is 3. The highest BCUT2D eigenvalue weighted by Gasteiger charge is 2.33. The van der Waals surface area contributed by atoms with Crippen LogP contribution in [0, 0.1) is 6.92 Å². The number of likely N-dealkylation sites (tertiary alicyclic amines) is 1. The molecule has 0 radical (unpaired) electrons. The second kappa shape index (κ2) is 9.76. The Morgan fingerprint density at radius 2 is 1.97 bits per heavy atom. The number of carbonyl (C=O) groups is 1. The molecule has 1 saturated heterocycles. The van der Waals surface area contributed by atoms with Crippen LogP contribution in [0.4, 0.5) is 0 Å². The first-order chi connectivity index (χ1) is 15.5. The molecule has 0 saturated carbocycles. The molecule has 1 atom stereocenters. The van der Waals surface area contributed by atoms with Crippen molar-refractivity contribution in [2.75, 3.05) is 19.7 Å². The van der Waals surface area contributed by atoms with Gasteiger partial charge < -0.3 is 14.2 Å². The quantitative estimate of drug-likeness (QED) is 0.437. The molecule has 0 N–H and O–H groups in total. The van der Waals surface area contributed by atoms with E-state index in [1.54, 1.807) is 0 Å². The smallest absolute Gasteiger partial charge is 0.223 e. The van der Waals surface area contributed by atoms with Gasteiger partial charge in [0.25, 0.3) is 0 Å². The van der Waals surface area contributed by atoms with Crippen LogP contribution in [0.15, 0.2) is 42.5 Å². The summed E-state index contributed by atoms with van der Waals surface area (Å²) in [4.78, 5) is 19.6. The summed E-state index contributed by atoms with van der Waals surface area (Å²) in [7, 11) is 0. The summed E-state index contributed by atoms with van der Waals surface area (Å²) in [6.07, 6.45) is 2.70. The van der Waals surface area contributed by atoms with E-state index in [4.69, 9.17) is 9.72 Å². The highest BCUT2D eigenvalue weighted by atomic mass is 16.5. The summed E-state index contributed by atoms with van der Waals surface area (Å²) in [5, 5.41) is 0. The van der Waals surface area contributed by atoms with Gasteiger partial charge in [-0.15, -0.1) is 0 Å². The number of aryl methyl sites for hydroxylation is 1. The summed E-state index contributed by atoms with van der Waals surface area (Å²) in [6.45, 7) is 11.5. The Hall–Kier alpha value is -2.82. The number of aromatic nitrogens is 2. The summed E-state index contributed by atoms with van der Waals surface area (Å²) in [5.74, 6) is 2.77. The first kappa shape index (κ1) is 22.4. The van der Waals surface area contributed by atoms with Gasteiger partial charge in [0.1, 0.15) is 18.2 Å². The molecule has 1 aliphatic rings. The number of para-hydroxylation sites is 2. The van der Waals surface area contributed by atoms with Crippen molar-refractivity contribution < 1.29 is 9.53 Å². The molecule has 4 rings (SSSR count). The van der Waals surface area contributed by atoms with E-state index in [-0.39, 0.29) is 11.8 Å². The van der Waals surface area contributed by atoms with Gasteiger partial charge in [0.15, 0.2) is 0 Å². The number of fused-ring (bicyclic) bond motifs is 1. The number of ether oxygens (including phenoxy) is 1. The molecule has 1 aliphatic heterocycles. The molecule has 3 aromatic rings. The van der Waals surface area contributed by atoms with Gasteiger partial charge >= 0.3 is 0 Å². The maximum Gasteiger partial charge on any atom is 0.223 e. The van der Waals surface area contributed by atoms with Crippen LogP contribution in [0.5, 0.6) is 5.75 Å². The average Bonchev–Trinajstić information content (AvgIpc) is 3.32. The van der Waals surface area contributed by atoms with Gasteiger partial charge in [0.2, 0.25) is 5.91 Å². The number of unbranched alkanes of at least 4 members (excludes halogenated alkanes) is 1. The third kappa shape index (κ3) is 4.67. The van der Waals surface area contributed by atoms with E-state index in [0.717, 1.165) is 48.5 Å². The fourth-order valence-corrected chi connectivity index (χ4v) is 4.64. The average molecular weight is 434 g/mol. The third-order valence-corrected chi connectivity index (χ3v) is 6.41. The zero-order valence-corrected chi connectivity index (χ0v) is 19.8. The molecule has 2 heterocycles. The van der Waals surface area contributed by atoms with Crippen LogP contribution in [-0.2, 0) is 11.3 Å². The number of amides is 1. The molecule has 5 nitrogen and oxygen atoms in total. The standard InChI is InChI=1S/C27H35N3O2/c1-5-6-13-29-18-21(17-26(29)31)27-28-23-9-7-8-10-24(23)30(27)14-15-32-25-16-20(4)11-12-22(25)19(2)3/h7-12,16,19,21H,5-6,13-15,17-18H2,1-4H3/t21-/m0/s1. The molecular weight excluding hydrogens is 398 g/mol. The Kier molecular flexibility index (Phi) is 6.83. The van der Waals surface area contributed by atoms with E-state index >= 15 is 0 Å². The number of hydrogen-bond donors (Lipinski definition) is 0. The summed E-state index contributed by atoms with van der Waals surface area (Å²) in [6, 6.07) is 14.7. The minimum absolute atomic E-state index is 0.136. The molecule has 170 valence electrons. The number of benzene rings is 2. The molecule has 0 spiro atoms. The molecule has 1 fully saturated rings. The number of rotatable bonds is 9. The number of carbonyl (C=O) groups excluding carboxylic acids is 1. The van der Waals surface area contributed by atoms with Gasteiger partial charge in [0, 0.05) is 25.4 Å². The number of hydrogen-bond acceptors (Lipinski definition) is 3. The van der Waals surface area contributed by atoms with Crippen LogP contribution in [0.1, 0.15) is 68.8 Å². The van der Waals surface area contributed by atoms with Crippen molar-refractivity contribution in [1.29, 1.82) is 0 Å². The third-order valence-electron chi connectivity index (χ3n) is 6.41. The van der Waals surface area contributed by atoms with E-state index in [9.17, 15) is 4.79 Å². The summed E-state index contributed by atoms with van der Waals surface area (Å²) >= 11 is 0. The van der Waals surface area contributed by atoms with E-state index in [2.05, 4.69) is 68.7 Å². The Morgan fingerprint density at radius 1 is 1.16 bits per heavy atom. The maximum absolute atomic E-state index is 12.6. The van der Waals surface area contributed by atoms with Gasteiger partial charge in [0.05, 0.1) is 17.6 Å². The molecule has 1 aromatic heterocycles. The second-order valence-electron chi connectivity index (χ2n) is 9.25. The van der Waals surface area contributed by atoms with Crippen molar-refractivity contribution in [3.63, 3.8) is 0 Å². The largest absolute Gasteiger partial charge is 0.491 e. The molecule has 1 amide bonds. The lowest BCUT2D eigenvalue weighted by molar-refractivity contribution is -0.127. The van der Waals surface area contributed by atoms with Crippen molar-refractivity contribution in [1.82, 2.24) is 14.5 Å². The Labute approximate surface area is 191 Å². The fourth-order valence-electron chi connectivity index (χ4n) is 4.64. The second-order valence-corrected chi connectivity index (χ2v) is 9.25. The van der Waals surface area contributed by atoms with Crippen LogP contribution in [0.2, 0.25) is 0 Å². The minimum Gasteiger partial charge on any atom is -0.491 e. The van der Waals surface area contributed by atoms with Crippen LogP contribution in [0.3, 0.4) is 0 Å². The Morgan fingerprint density at radius 3 is 2.75 bits per heavy atom. The summed E-state index contributed by atoms with van der Waals surface area (Å²) in [5.41, 5.74) is 4.54. The molecule has 0 bridgehead atoms. The highest BCUT2D eigenvalue weighted by Crippen LogP contribution is 2.31. The van der Waals surface area contributed by atoms with E-state index in [0.29, 0.717) is 25.5 Å². The van der Waals surface area contributed by atoms with Gasteiger partial charge in [-0.05, 0) is 48.6 Å². The lowest BCUT2D eigenvalue weighted by Gasteiger charge is -2.18. The zero-order valence-electron chi connectivity index (χ0n) is 19.8. The maximum atomic E-state index is 12.6. The van der Waals surface area contributed by atoms with Crippen LogP contribution in [-0.4, -0.2) is 40.1 Å². The minimum atomic E-state index is 0.136. The van der Waals surface area contributed by atoms with Gasteiger partial charge in [-0.3, -0.25) is 4.79 Å². The first-order valence-electron chi connectivity index (χ1n) is 11.9. The van der Waals surface area contributed by atoms with Crippen LogP contribution in [0.25, 0.3) is 11.0 Å². The van der Waals surface area contributed by atoms with Gasteiger partial charge in [-0.1, -0.05) is 51.5 Å². The normalized spacial score (nSPS) is 16.5. The molecule has 0 unspecified atom stereocenters. The lowest BCUT2D eigenvalue weighted by Crippen LogP contribution is -2.26. The first-order valence-corrected chi connectivity index (χ1v) is 11.9. The van der Waals surface area contributed by atoms with Crippen LogP contribution >= 0.6 is 0 Å². The molecule has 5 heteroatoms. The Balaban J connectivity index is 1.56. The topological polar surface area (TPSA) is 47.4 Å². The molecular formula is C27H35N3O2. The van der Waals surface area contributed by atoms with Crippen molar-refractivity contribution in [3.8, 4) is 5.75 Å². The molecule has 2 aromatic carbocycles. The zero-order chi connectivity index (χ0) is 22.7. The van der Waals surface area contributed by atoms with Gasteiger partial charge in [-0.25, -0.2) is 4.98 Å². The van der Waals surface area contributed by atoms with E-state index < -0.39 is 0 Å². The van der Waals surface area contributed by atoms with Crippen molar-refractivity contribution in [3.05, 3.63) is 59.4 Å². The molecule has 32 heavy (non-hydrogen) atoms. The Bertz CT molecular complexity index is 1090. The predicted molar refractivity (Wildman–Crippen MR) is 129 cm³/mol. The van der Waals surface area contributed by atoms with Crippen molar-refractivity contribution in [2.45, 2.75) is 65.3 Å².